The van der Waals surface area contributed by atoms with Crippen molar-refractivity contribution in [3.8, 4) is 56.4 Å². The molecule has 0 saturated heterocycles. The van der Waals surface area contributed by atoms with Crippen LogP contribution in [0.4, 0.5) is 17.1 Å². The number of furan rings is 2. The van der Waals surface area contributed by atoms with Gasteiger partial charge in [0, 0.05) is 67.4 Å². The van der Waals surface area contributed by atoms with Gasteiger partial charge in [0.15, 0.2) is 17.5 Å². The number of anilines is 3. The number of aromatic nitrogens is 3. The Morgan fingerprint density at radius 1 is 0.286 bits per heavy atom. The molecule has 0 aliphatic heterocycles. The summed E-state index contributed by atoms with van der Waals surface area (Å²) >= 11 is 0. The van der Waals surface area contributed by atoms with Gasteiger partial charge in [-0.25, -0.2) is 15.0 Å². The molecular formula is C57H36N4O2. The van der Waals surface area contributed by atoms with E-state index in [9.17, 15) is 0 Å². The van der Waals surface area contributed by atoms with Gasteiger partial charge in [-0.1, -0.05) is 158 Å². The molecule has 12 aromatic rings. The van der Waals surface area contributed by atoms with Gasteiger partial charge in [0.2, 0.25) is 0 Å². The first kappa shape index (κ1) is 36.3. The Balaban J connectivity index is 1.00. The van der Waals surface area contributed by atoms with Crippen molar-refractivity contribution in [2.45, 2.75) is 0 Å². The zero-order chi connectivity index (χ0) is 41.7. The lowest BCUT2D eigenvalue weighted by molar-refractivity contribution is 0.669. The highest BCUT2D eigenvalue weighted by Crippen LogP contribution is 2.43. The fraction of sp³-hybridized carbons (Fsp3) is 0. The Hall–Kier alpha value is -8.61. The van der Waals surface area contributed by atoms with Gasteiger partial charge in [-0.05, 0) is 70.8 Å². The molecule has 0 aliphatic carbocycles. The summed E-state index contributed by atoms with van der Waals surface area (Å²) < 4.78 is 13.2. The normalized spacial score (nSPS) is 11.5. The second kappa shape index (κ2) is 15.1. The second-order valence-corrected chi connectivity index (χ2v) is 15.6. The first-order chi connectivity index (χ1) is 31.2. The zero-order valence-corrected chi connectivity index (χ0v) is 33.9. The van der Waals surface area contributed by atoms with Crippen LogP contribution >= 0.6 is 0 Å². The molecule has 3 heterocycles. The van der Waals surface area contributed by atoms with Gasteiger partial charge in [0.05, 0.1) is 0 Å². The quantitative estimate of drug-likeness (QED) is 0.152. The van der Waals surface area contributed by atoms with Crippen molar-refractivity contribution >= 4 is 60.9 Å². The lowest BCUT2D eigenvalue weighted by Crippen LogP contribution is -2.09. The van der Waals surface area contributed by atoms with Crippen LogP contribution in [0.3, 0.4) is 0 Å². The minimum Gasteiger partial charge on any atom is -0.456 e. The molecule has 0 radical (unpaired) electrons. The smallest absolute Gasteiger partial charge is 0.164 e. The Morgan fingerprint density at radius 2 is 0.746 bits per heavy atom. The van der Waals surface area contributed by atoms with Gasteiger partial charge in [-0.15, -0.1) is 0 Å². The van der Waals surface area contributed by atoms with Crippen molar-refractivity contribution in [1.29, 1.82) is 0 Å². The lowest BCUT2D eigenvalue weighted by atomic mass is 10.0. The number of nitrogens with zero attached hydrogens (tertiary/aromatic N) is 4. The molecule has 0 amide bonds. The number of para-hydroxylation sites is 1. The van der Waals surface area contributed by atoms with Gasteiger partial charge in [-0.3, -0.25) is 0 Å². The third-order valence-corrected chi connectivity index (χ3v) is 11.7. The van der Waals surface area contributed by atoms with Crippen LogP contribution in [0.25, 0.3) is 100 Å². The molecule has 0 atom stereocenters. The monoisotopic (exact) mass is 808 g/mol. The predicted molar refractivity (Wildman–Crippen MR) is 256 cm³/mol. The van der Waals surface area contributed by atoms with E-state index in [0.717, 1.165) is 99.9 Å². The minimum absolute atomic E-state index is 0.571. The summed E-state index contributed by atoms with van der Waals surface area (Å²) in [5, 5.41) is 4.08. The summed E-state index contributed by atoms with van der Waals surface area (Å²) in [6.07, 6.45) is 0. The van der Waals surface area contributed by atoms with Crippen LogP contribution in [0.5, 0.6) is 0 Å². The Bertz CT molecular complexity index is 3620. The standard InChI is InChI=1S/C57H36N4O2/c1-4-14-37(15-5-1)39-26-28-41(29-27-39)56-58-55(40-18-8-3-9-19-40)59-57(60-56)49-23-13-25-51-54(49)48-33-31-45(36-53(48)63-51)61(43-21-12-20-42(34-43)38-16-6-2-7-17-38)44-30-32-47-46-22-10-11-24-50(46)62-52(47)35-44/h1-36H. The molecule has 0 saturated carbocycles. The van der Waals surface area contributed by atoms with Crippen LogP contribution < -0.4 is 4.90 Å². The molecule has 0 unspecified atom stereocenters. The van der Waals surface area contributed by atoms with Gasteiger partial charge in [-0.2, -0.15) is 0 Å². The SMILES string of the molecule is c1ccc(-c2ccc(-c3nc(-c4ccccc4)nc(-c4cccc5oc6cc(N(c7cccc(-c8ccccc8)c7)c7ccc8c(c7)oc7ccccc78)ccc6c45)n3)cc2)cc1. The van der Waals surface area contributed by atoms with E-state index in [-0.39, 0.29) is 0 Å². The molecule has 0 bridgehead atoms. The summed E-state index contributed by atoms with van der Waals surface area (Å²) in [6, 6.07) is 75.1. The maximum atomic E-state index is 6.75. The minimum atomic E-state index is 0.571. The van der Waals surface area contributed by atoms with E-state index in [0.29, 0.717) is 17.5 Å². The van der Waals surface area contributed by atoms with Crippen molar-refractivity contribution in [2.75, 3.05) is 4.90 Å². The maximum absolute atomic E-state index is 6.75. The highest BCUT2D eigenvalue weighted by Gasteiger charge is 2.21. The van der Waals surface area contributed by atoms with Gasteiger partial charge >= 0.3 is 0 Å². The van der Waals surface area contributed by atoms with Crippen LogP contribution in [-0.4, -0.2) is 15.0 Å². The lowest BCUT2D eigenvalue weighted by Gasteiger charge is -2.26. The number of hydrogen-bond acceptors (Lipinski definition) is 6. The number of benzene rings is 9. The average molecular weight is 809 g/mol. The van der Waals surface area contributed by atoms with E-state index in [1.54, 1.807) is 0 Å². The molecule has 0 N–H and O–H groups in total. The van der Waals surface area contributed by atoms with Crippen molar-refractivity contribution in [1.82, 2.24) is 15.0 Å². The Labute approximate surface area is 363 Å². The van der Waals surface area contributed by atoms with Gasteiger partial charge in [0.25, 0.3) is 0 Å². The molecule has 6 heteroatoms. The second-order valence-electron chi connectivity index (χ2n) is 15.6. The van der Waals surface area contributed by atoms with Crippen molar-refractivity contribution < 1.29 is 8.83 Å². The van der Waals surface area contributed by atoms with E-state index in [1.165, 1.54) is 0 Å². The third kappa shape index (κ3) is 6.58. The summed E-state index contributed by atoms with van der Waals surface area (Å²) in [5.74, 6) is 1.77. The van der Waals surface area contributed by atoms with Crippen LogP contribution in [0.1, 0.15) is 0 Å². The van der Waals surface area contributed by atoms with Crippen LogP contribution in [0.2, 0.25) is 0 Å². The fourth-order valence-electron chi connectivity index (χ4n) is 8.68. The highest BCUT2D eigenvalue weighted by atomic mass is 16.3. The van der Waals surface area contributed by atoms with E-state index >= 15 is 0 Å². The number of rotatable bonds is 8. The summed E-state index contributed by atoms with van der Waals surface area (Å²) in [7, 11) is 0. The molecule has 0 fully saturated rings. The van der Waals surface area contributed by atoms with Crippen molar-refractivity contribution in [3.05, 3.63) is 218 Å². The fourth-order valence-corrected chi connectivity index (χ4v) is 8.68. The maximum Gasteiger partial charge on any atom is 0.164 e. The molecule has 9 aromatic carbocycles. The van der Waals surface area contributed by atoms with Gasteiger partial charge < -0.3 is 13.7 Å². The molecule has 296 valence electrons. The summed E-state index contributed by atoms with van der Waals surface area (Å²) in [6.45, 7) is 0. The zero-order valence-electron chi connectivity index (χ0n) is 33.9. The summed E-state index contributed by atoms with van der Waals surface area (Å²) in [4.78, 5) is 17.6. The number of fused-ring (bicyclic) bond motifs is 6. The van der Waals surface area contributed by atoms with E-state index < -0.39 is 0 Å². The average Bonchev–Trinajstić information content (AvgIpc) is 3.93. The molecule has 3 aromatic heterocycles. The molecule has 12 rings (SSSR count). The van der Waals surface area contributed by atoms with E-state index in [1.807, 2.05) is 72.8 Å². The Kier molecular flexibility index (Phi) is 8.71. The summed E-state index contributed by atoms with van der Waals surface area (Å²) in [5.41, 5.74) is 13.3. The first-order valence-electron chi connectivity index (χ1n) is 21.0. The van der Waals surface area contributed by atoms with Crippen molar-refractivity contribution in [2.24, 2.45) is 0 Å². The first-order valence-corrected chi connectivity index (χ1v) is 21.0. The van der Waals surface area contributed by atoms with Gasteiger partial charge in [0.1, 0.15) is 22.3 Å². The molecule has 63 heavy (non-hydrogen) atoms. The van der Waals surface area contributed by atoms with Crippen LogP contribution in [0, 0.1) is 0 Å². The molecule has 0 spiro atoms. The topological polar surface area (TPSA) is 68.2 Å². The van der Waals surface area contributed by atoms with E-state index in [2.05, 4.69) is 150 Å². The van der Waals surface area contributed by atoms with E-state index in [4.69, 9.17) is 23.8 Å². The predicted octanol–water partition coefficient (Wildman–Crippen LogP) is 15.5. The third-order valence-electron chi connectivity index (χ3n) is 11.7. The Morgan fingerprint density at radius 3 is 1.46 bits per heavy atom. The van der Waals surface area contributed by atoms with Crippen LogP contribution in [0.15, 0.2) is 227 Å². The van der Waals surface area contributed by atoms with Crippen molar-refractivity contribution in [3.63, 3.8) is 0 Å². The number of hydrogen-bond donors (Lipinski definition) is 0. The molecular weight excluding hydrogens is 773 g/mol. The van der Waals surface area contributed by atoms with Crippen LogP contribution in [-0.2, 0) is 0 Å². The highest BCUT2D eigenvalue weighted by molar-refractivity contribution is 6.13. The molecule has 0 aliphatic rings. The largest absolute Gasteiger partial charge is 0.456 e. The molecule has 6 nitrogen and oxygen atoms in total.